The molecule has 0 saturated carbocycles. The smallest absolute Gasteiger partial charge is 0.207 e. The summed E-state index contributed by atoms with van der Waals surface area (Å²) in [7, 11) is -2.36. The number of nitrogens with zero attached hydrogens (tertiary/aromatic N) is 2. The van der Waals surface area contributed by atoms with Gasteiger partial charge in [0.1, 0.15) is 5.82 Å². The van der Waals surface area contributed by atoms with E-state index in [4.69, 9.17) is 5.26 Å². The molecule has 0 heterocycles. The van der Waals surface area contributed by atoms with E-state index in [1.54, 1.807) is 6.92 Å². The van der Waals surface area contributed by atoms with Gasteiger partial charge in [0.2, 0.25) is 10.0 Å². The third-order valence-corrected chi connectivity index (χ3v) is 4.07. The molecule has 0 spiro atoms. The SMILES string of the molecule is CC(C#N)CN(C)S(=O)(=O)c1cccc(F)c1. The molecular weight excluding hydrogens is 243 g/mol. The number of halogens is 1. The van der Waals surface area contributed by atoms with E-state index in [-0.39, 0.29) is 11.4 Å². The normalized spacial score (nSPS) is 13.4. The molecule has 0 bridgehead atoms. The summed E-state index contributed by atoms with van der Waals surface area (Å²) in [5, 5.41) is 8.63. The maximum absolute atomic E-state index is 13.0. The Morgan fingerprint density at radius 2 is 2.18 bits per heavy atom. The van der Waals surface area contributed by atoms with Crippen LogP contribution < -0.4 is 0 Å². The zero-order valence-corrected chi connectivity index (χ0v) is 10.4. The lowest BCUT2D eigenvalue weighted by Gasteiger charge is -2.18. The van der Waals surface area contributed by atoms with Crippen LogP contribution in [0.15, 0.2) is 29.2 Å². The predicted molar refractivity (Wildman–Crippen MR) is 61.0 cm³/mol. The minimum Gasteiger partial charge on any atom is -0.207 e. The molecule has 1 aromatic carbocycles. The van der Waals surface area contributed by atoms with Gasteiger partial charge >= 0.3 is 0 Å². The Bertz CT molecular complexity index is 537. The van der Waals surface area contributed by atoms with Gasteiger partial charge < -0.3 is 0 Å². The van der Waals surface area contributed by atoms with E-state index in [2.05, 4.69) is 0 Å². The van der Waals surface area contributed by atoms with Crippen LogP contribution in [0.5, 0.6) is 0 Å². The van der Waals surface area contributed by atoms with Crippen LogP contribution in [0.4, 0.5) is 4.39 Å². The van der Waals surface area contributed by atoms with E-state index >= 15 is 0 Å². The topological polar surface area (TPSA) is 61.2 Å². The first-order valence-electron chi connectivity index (χ1n) is 4.99. The fraction of sp³-hybridized carbons (Fsp3) is 0.364. The molecule has 1 atom stereocenters. The Kier molecular flexibility index (Phi) is 4.21. The zero-order chi connectivity index (χ0) is 13.1. The molecule has 0 aliphatic heterocycles. The van der Waals surface area contributed by atoms with Crippen molar-refractivity contribution in [2.45, 2.75) is 11.8 Å². The molecular formula is C11H13FN2O2S. The molecule has 0 aliphatic rings. The van der Waals surface area contributed by atoms with Gasteiger partial charge in [-0.05, 0) is 25.1 Å². The van der Waals surface area contributed by atoms with Crippen LogP contribution in [-0.4, -0.2) is 26.3 Å². The summed E-state index contributed by atoms with van der Waals surface area (Å²) in [6.07, 6.45) is 0. The highest BCUT2D eigenvalue weighted by atomic mass is 32.2. The van der Waals surface area contributed by atoms with Gasteiger partial charge in [-0.2, -0.15) is 9.57 Å². The number of rotatable bonds is 4. The van der Waals surface area contributed by atoms with Crippen molar-refractivity contribution in [2.24, 2.45) is 5.92 Å². The lowest BCUT2D eigenvalue weighted by molar-refractivity contribution is 0.438. The molecule has 1 aromatic rings. The standard InChI is InChI=1S/C11H13FN2O2S/c1-9(7-13)8-14(2)17(15,16)11-5-3-4-10(12)6-11/h3-6,9H,8H2,1-2H3. The second-order valence-electron chi connectivity index (χ2n) is 3.77. The van der Waals surface area contributed by atoms with Crippen molar-refractivity contribution in [3.63, 3.8) is 0 Å². The fourth-order valence-corrected chi connectivity index (χ4v) is 2.62. The first kappa shape index (κ1) is 13.6. The van der Waals surface area contributed by atoms with Crippen LogP contribution >= 0.6 is 0 Å². The van der Waals surface area contributed by atoms with Crippen molar-refractivity contribution in [1.29, 1.82) is 5.26 Å². The van der Waals surface area contributed by atoms with Gasteiger partial charge in [0.05, 0.1) is 16.9 Å². The fourth-order valence-electron chi connectivity index (χ4n) is 1.33. The minimum absolute atomic E-state index is 0.0787. The monoisotopic (exact) mass is 256 g/mol. The Morgan fingerprint density at radius 3 is 2.71 bits per heavy atom. The molecule has 17 heavy (non-hydrogen) atoms. The highest BCUT2D eigenvalue weighted by molar-refractivity contribution is 7.89. The first-order valence-corrected chi connectivity index (χ1v) is 6.43. The van der Waals surface area contributed by atoms with E-state index in [1.807, 2.05) is 6.07 Å². The number of hydrogen-bond donors (Lipinski definition) is 0. The van der Waals surface area contributed by atoms with Gasteiger partial charge in [-0.1, -0.05) is 6.07 Å². The van der Waals surface area contributed by atoms with Crippen LogP contribution in [0.25, 0.3) is 0 Å². The van der Waals surface area contributed by atoms with E-state index in [0.29, 0.717) is 0 Å². The van der Waals surface area contributed by atoms with Crippen molar-refractivity contribution in [1.82, 2.24) is 4.31 Å². The third-order valence-electron chi connectivity index (χ3n) is 2.26. The van der Waals surface area contributed by atoms with Gasteiger partial charge in [-0.25, -0.2) is 12.8 Å². The van der Waals surface area contributed by atoms with Crippen LogP contribution in [0.2, 0.25) is 0 Å². The summed E-state index contributed by atoms with van der Waals surface area (Å²) in [6, 6.07) is 6.75. The van der Waals surface area contributed by atoms with Crippen LogP contribution in [0.3, 0.4) is 0 Å². The summed E-state index contributed by atoms with van der Waals surface area (Å²) < 4.78 is 38.0. The molecule has 0 radical (unpaired) electrons. The molecule has 4 nitrogen and oxygen atoms in total. The quantitative estimate of drug-likeness (QED) is 0.822. The Morgan fingerprint density at radius 1 is 1.53 bits per heavy atom. The van der Waals surface area contributed by atoms with Gasteiger partial charge in [0.25, 0.3) is 0 Å². The molecule has 0 aliphatic carbocycles. The van der Waals surface area contributed by atoms with E-state index in [9.17, 15) is 12.8 Å². The summed E-state index contributed by atoms with van der Waals surface area (Å²) in [6.45, 7) is 1.70. The summed E-state index contributed by atoms with van der Waals surface area (Å²) in [4.78, 5) is -0.106. The number of hydrogen-bond acceptors (Lipinski definition) is 3. The number of nitriles is 1. The van der Waals surface area contributed by atoms with Crippen molar-refractivity contribution in [2.75, 3.05) is 13.6 Å². The number of benzene rings is 1. The second-order valence-corrected chi connectivity index (χ2v) is 5.82. The average molecular weight is 256 g/mol. The zero-order valence-electron chi connectivity index (χ0n) is 9.59. The minimum atomic E-state index is -3.72. The summed E-state index contributed by atoms with van der Waals surface area (Å²) >= 11 is 0. The van der Waals surface area contributed by atoms with E-state index < -0.39 is 21.8 Å². The van der Waals surface area contributed by atoms with Gasteiger partial charge in [0, 0.05) is 13.6 Å². The van der Waals surface area contributed by atoms with Gasteiger partial charge in [-0.3, -0.25) is 0 Å². The number of sulfonamides is 1. The molecule has 0 N–H and O–H groups in total. The van der Waals surface area contributed by atoms with Crippen LogP contribution in [0.1, 0.15) is 6.92 Å². The molecule has 0 amide bonds. The van der Waals surface area contributed by atoms with Crippen molar-refractivity contribution in [3.05, 3.63) is 30.1 Å². The highest BCUT2D eigenvalue weighted by Crippen LogP contribution is 2.16. The van der Waals surface area contributed by atoms with Crippen LogP contribution in [0, 0.1) is 23.1 Å². The third kappa shape index (κ3) is 3.25. The largest absolute Gasteiger partial charge is 0.242 e. The maximum Gasteiger partial charge on any atom is 0.242 e. The van der Waals surface area contributed by atoms with E-state index in [1.165, 1.54) is 25.2 Å². The highest BCUT2D eigenvalue weighted by Gasteiger charge is 2.22. The first-order chi connectivity index (χ1) is 7.87. The second kappa shape index (κ2) is 5.25. The molecule has 6 heteroatoms. The Labute approximate surface area is 100 Å². The molecule has 1 rings (SSSR count). The van der Waals surface area contributed by atoms with Crippen molar-refractivity contribution in [3.8, 4) is 6.07 Å². The van der Waals surface area contributed by atoms with Crippen molar-refractivity contribution < 1.29 is 12.8 Å². The molecule has 0 aromatic heterocycles. The molecule has 0 saturated heterocycles. The summed E-state index contributed by atoms with van der Waals surface area (Å²) in [5.74, 6) is -1.02. The average Bonchev–Trinajstić information content (AvgIpc) is 2.28. The van der Waals surface area contributed by atoms with Crippen molar-refractivity contribution >= 4 is 10.0 Å². The van der Waals surface area contributed by atoms with E-state index in [0.717, 1.165) is 10.4 Å². The van der Waals surface area contributed by atoms with Crippen LogP contribution in [-0.2, 0) is 10.0 Å². The molecule has 1 unspecified atom stereocenters. The summed E-state index contributed by atoms with van der Waals surface area (Å²) in [5.41, 5.74) is 0. The molecule has 0 fully saturated rings. The van der Waals surface area contributed by atoms with Gasteiger partial charge in [-0.15, -0.1) is 0 Å². The van der Waals surface area contributed by atoms with Gasteiger partial charge in [0.15, 0.2) is 0 Å². The maximum atomic E-state index is 13.0. The Hall–Kier alpha value is -1.45. The molecule has 92 valence electrons. The predicted octanol–water partition coefficient (Wildman–Crippen LogP) is 1.61. The lowest BCUT2D eigenvalue weighted by Crippen LogP contribution is -2.30. The lowest BCUT2D eigenvalue weighted by atomic mass is 10.2. The Balaban J connectivity index is 3.00.